The van der Waals surface area contributed by atoms with E-state index in [1.807, 2.05) is 18.3 Å². The zero-order valence-electron chi connectivity index (χ0n) is 13.6. The van der Waals surface area contributed by atoms with Crippen LogP contribution >= 0.6 is 0 Å². The number of carbonyl (C=O) groups is 1. The van der Waals surface area contributed by atoms with Gasteiger partial charge in [0.2, 0.25) is 5.91 Å². The number of nitrogens with zero attached hydrogens (tertiary/aromatic N) is 3. The lowest BCUT2D eigenvalue weighted by molar-refractivity contribution is -0.139. The summed E-state index contributed by atoms with van der Waals surface area (Å²) in [5, 5.41) is 0. The molecular weight excluding hydrogens is 288 g/mol. The zero-order valence-corrected chi connectivity index (χ0v) is 13.6. The lowest BCUT2D eigenvalue weighted by Crippen LogP contribution is -2.53. The number of fused-ring (bicyclic) bond motifs is 2. The summed E-state index contributed by atoms with van der Waals surface area (Å²) in [6, 6.07) is 6.14. The third-order valence-corrected chi connectivity index (χ3v) is 6.06. The van der Waals surface area contributed by atoms with Gasteiger partial charge in [0.05, 0.1) is 11.6 Å². The van der Waals surface area contributed by atoms with Gasteiger partial charge in [0.25, 0.3) is 0 Å². The molecule has 2 saturated carbocycles. The number of carbonyl (C=O) groups excluding carboxylic acids is 1. The molecule has 4 rings (SSSR count). The van der Waals surface area contributed by atoms with Crippen molar-refractivity contribution in [1.82, 2.24) is 14.8 Å². The van der Waals surface area contributed by atoms with Crippen LogP contribution in [0.2, 0.25) is 0 Å². The van der Waals surface area contributed by atoms with E-state index in [0.29, 0.717) is 17.7 Å². The van der Waals surface area contributed by atoms with Gasteiger partial charge < -0.3 is 10.6 Å². The van der Waals surface area contributed by atoms with Crippen molar-refractivity contribution < 1.29 is 4.79 Å². The van der Waals surface area contributed by atoms with Crippen LogP contribution in [0, 0.1) is 17.8 Å². The average molecular weight is 314 g/mol. The molecule has 23 heavy (non-hydrogen) atoms. The van der Waals surface area contributed by atoms with E-state index < -0.39 is 0 Å². The van der Waals surface area contributed by atoms with E-state index >= 15 is 0 Å². The molecule has 2 aliphatic carbocycles. The Hall–Kier alpha value is -1.46. The Morgan fingerprint density at radius 2 is 1.96 bits per heavy atom. The third kappa shape index (κ3) is 2.88. The fraction of sp³-hybridized carbons (Fsp3) is 0.667. The maximum absolute atomic E-state index is 12.9. The van der Waals surface area contributed by atoms with E-state index in [4.69, 9.17) is 5.73 Å². The highest BCUT2D eigenvalue weighted by Crippen LogP contribution is 2.48. The lowest BCUT2D eigenvalue weighted by atomic mass is 9.84. The molecule has 2 N–H and O–H groups in total. The maximum Gasteiger partial charge on any atom is 0.227 e. The van der Waals surface area contributed by atoms with E-state index in [2.05, 4.69) is 20.9 Å². The SMILES string of the molecule is NC1C2CCC(C2)C1C(=O)N1CCN(Cc2ccccn2)CC1. The van der Waals surface area contributed by atoms with Crippen LogP contribution < -0.4 is 5.73 Å². The first-order chi connectivity index (χ1) is 11.2. The van der Waals surface area contributed by atoms with Gasteiger partial charge in [-0.15, -0.1) is 0 Å². The van der Waals surface area contributed by atoms with Crippen LogP contribution in [0.5, 0.6) is 0 Å². The summed E-state index contributed by atoms with van der Waals surface area (Å²) < 4.78 is 0. The fourth-order valence-electron chi connectivity index (χ4n) is 4.76. The van der Waals surface area contributed by atoms with Gasteiger partial charge in [-0.2, -0.15) is 0 Å². The van der Waals surface area contributed by atoms with Crippen LogP contribution in [-0.4, -0.2) is 52.9 Å². The largest absolute Gasteiger partial charge is 0.340 e. The first-order valence-corrected chi connectivity index (χ1v) is 8.89. The molecule has 1 amide bonds. The molecule has 3 fully saturated rings. The van der Waals surface area contributed by atoms with Gasteiger partial charge in [0.15, 0.2) is 0 Å². The van der Waals surface area contributed by atoms with Gasteiger partial charge in [-0.1, -0.05) is 6.07 Å². The standard InChI is InChI=1S/C18H26N4O/c19-17-14-5-4-13(11-14)16(17)18(23)22-9-7-21(8-10-22)12-15-3-1-2-6-20-15/h1-3,6,13-14,16-17H,4-5,7-12,19H2. The van der Waals surface area contributed by atoms with E-state index in [0.717, 1.165) is 38.4 Å². The van der Waals surface area contributed by atoms with Gasteiger partial charge in [-0.25, -0.2) is 0 Å². The third-order valence-electron chi connectivity index (χ3n) is 6.06. The Kier molecular flexibility index (Phi) is 4.07. The molecule has 2 bridgehead atoms. The van der Waals surface area contributed by atoms with Crippen molar-refractivity contribution in [2.45, 2.75) is 31.8 Å². The van der Waals surface area contributed by atoms with Crippen LogP contribution in [-0.2, 0) is 11.3 Å². The van der Waals surface area contributed by atoms with Crippen molar-refractivity contribution in [2.75, 3.05) is 26.2 Å². The minimum absolute atomic E-state index is 0.0936. The maximum atomic E-state index is 12.9. The minimum atomic E-state index is 0.0936. The number of hydrogen-bond acceptors (Lipinski definition) is 4. The van der Waals surface area contributed by atoms with Crippen molar-refractivity contribution in [2.24, 2.45) is 23.5 Å². The summed E-state index contributed by atoms with van der Waals surface area (Å²) in [4.78, 5) is 21.7. The molecule has 4 unspecified atom stereocenters. The summed E-state index contributed by atoms with van der Waals surface area (Å²) in [6.45, 7) is 4.38. The Labute approximate surface area is 137 Å². The molecule has 0 aromatic carbocycles. The molecule has 1 saturated heterocycles. The Morgan fingerprint density at radius 1 is 1.17 bits per heavy atom. The Morgan fingerprint density at radius 3 is 2.61 bits per heavy atom. The number of rotatable bonds is 3. The van der Waals surface area contributed by atoms with Crippen molar-refractivity contribution in [3.8, 4) is 0 Å². The highest BCUT2D eigenvalue weighted by molar-refractivity contribution is 5.80. The summed E-state index contributed by atoms with van der Waals surface area (Å²) in [5.74, 6) is 1.56. The fourth-order valence-corrected chi connectivity index (χ4v) is 4.76. The second-order valence-electron chi connectivity index (χ2n) is 7.36. The topological polar surface area (TPSA) is 62.5 Å². The average Bonchev–Trinajstić information content (AvgIpc) is 3.17. The number of pyridine rings is 1. The normalized spacial score (nSPS) is 34.0. The monoisotopic (exact) mass is 314 g/mol. The quantitative estimate of drug-likeness (QED) is 0.907. The predicted octanol–water partition coefficient (Wildman–Crippen LogP) is 1.10. The van der Waals surface area contributed by atoms with Gasteiger partial charge in [-0.3, -0.25) is 14.7 Å². The molecule has 5 heteroatoms. The van der Waals surface area contributed by atoms with Crippen molar-refractivity contribution in [1.29, 1.82) is 0 Å². The molecule has 1 aromatic heterocycles. The highest BCUT2D eigenvalue weighted by Gasteiger charge is 2.50. The smallest absolute Gasteiger partial charge is 0.227 e. The number of amides is 1. The summed E-state index contributed by atoms with van der Waals surface area (Å²) in [6.07, 6.45) is 5.45. The molecule has 0 radical (unpaired) electrons. The Balaban J connectivity index is 1.32. The van der Waals surface area contributed by atoms with Crippen molar-refractivity contribution >= 4 is 5.91 Å². The molecule has 124 valence electrons. The number of hydrogen-bond donors (Lipinski definition) is 1. The highest BCUT2D eigenvalue weighted by atomic mass is 16.2. The molecule has 1 aliphatic heterocycles. The second-order valence-corrected chi connectivity index (χ2v) is 7.36. The van der Waals surface area contributed by atoms with E-state index in [-0.39, 0.29) is 12.0 Å². The van der Waals surface area contributed by atoms with Gasteiger partial charge >= 0.3 is 0 Å². The molecule has 1 aromatic rings. The van der Waals surface area contributed by atoms with Crippen LogP contribution in [0.4, 0.5) is 0 Å². The Bertz CT molecular complexity index is 553. The number of nitrogens with two attached hydrogens (primary N) is 1. The van der Waals surface area contributed by atoms with Gasteiger partial charge in [-0.05, 0) is 43.2 Å². The van der Waals surface area contributed by atoms with Gasteiger partial charge in [0.1, 0.15) is 0 Å². The molecule has 3 aliphatic rings. The predicted molar refractivity (Wildman–Crippen MR) is 88.4 cm³/mol. The minimum Gasteiger partial charge on any atom is -0.340 e. The first kappa shape index (κ1) is 15.1. The van der Waals surface area contributed by atoms with Crippen LogP contribution in [0.25, 0.3) is 0 Å². The molecule has 4 atom stereocenters. The lowest BCUT2D eigenvalue weighted by Gasteiger charge is -2.38. The van der Waals surface area contributed by atoms with Crippen molar-refractivity contribution in [3.05, 3.63) is 30.1 Å². The van der Waals surface area contributed by atoms with E-state index in [9.17, 15) is 4.79 Å². The summed E-state index contributed by atoms with van der Waals surface area (Å²) in [7, 11) is 0. The summed E-state index contributed by atoms with van der Waals surface area (Å²) >= 11 is 0. The van der Waals surface area contributed by atoms with E-state index in [1.54, 1.807) is 0 Å². The molecule has 2 heterocycles. The molecule has 0 spiro atoms. The van der Waals surface area contributed by atoms with E-state index in [1.165, 1.54) is 19.3 Å². The number of piperazine rings is 1. The van der Waals surface area contributed by atoms with Crippen LogP contribution in [0.3, 0.4) is 0 Å². The zero-order chi connectivity index (χ0) is 15.8. The van der Waals surface area contributed by atoms with Crippen molar-refractivity contribution in [3.63, 3.8) is 0 Å². The second kappa shape index (κ2) is 6.21. The first-order valence-electron chi connectivity index (χ1n) is 8.89. The molecular formula is C18H26N4O. The number of aromatic nitrogens is 1. The molecule has 5 nitrogen and oxygen atoms in total. The summed E-state index contributed by atoms with van der Waals surface area (Å²) in [5.41, 5.74) is 7.43. The van der Waals surface area contributed by atoms with Crippen LogP contribution in [0.15, 0.2) is 24.4 Å². The van der Waals surface area contributed by atoms with Crippen LogP contribution in [0.1, 0.15) is 25.0 Å². The van der Waals surface area contributed by atoms with Gasteiger partial charge in [0, 0.05) is 45.0 Å².